The fourth-order valence-electron chi connectivity index (χ4n) is 3.73. The van der Waals surface area contributed by atoms with Gasteiger partial charge in [-0.1, -0.05) is 0 Å². The number of hydrogen-bond acceptors (Lipinski definition) is 6. The molecule has 1 amide bonds. The number of aromatic nitrogens is 3. The summed E-state index contributed by atoms with van der Waals surface area (Å²) in [5, 5.41) is 4.69. The molecule has 3 aliphatic rings. The van der Waals surface area contributed by atoms with E-state index in [1.807, 2.05) is 15.6 Å². The second kappa shape index (κ2) is 6.51. The third-order valence-electron chi connectivity index (χ3n) is 5.35. The van der Waals surface area contributed by atoms with Crippen molar-refractivity contribution in [2.75, 3.05) is 50.9 Å². The zero-order valence-electron chi connectivity index (χ0n) is 14.7. The van der Waals surface area contributed by atoms with Gasteiger partial charge in [-0.05, 0) is 18.9 Å². The van der Waals surface area contributed by atoms with Gasteiger partial charge in [-0.15, -0.1) is 0 Å². The first-order chi connectivity index (χ1) is 12.8. The number of morpholine rings is 2. The molecule has 8 nitrogen and oxygen atoms in total. The average Bonchev–Trinajstić information content (AvgIpc) is 3.46. The van der Waals surface area contributed by atoms with E-state index >= 15 is 0 Å². The molecular weight excluding hydrogens is 334 g/mol. The van der Waals surface area contributed by atoms with Crippen LogP contribution in [0.4, 0.5) is 5.82 Å². The fraction of sp³-hybridized carbons (Fsp3) is 0.611. The van der Waals surface area contributed by atoms with Gasteiger partial charge < -0.3 is 19.3 Å². The Morgan fingerprint density at radius 1 is 1.15 bits per heavy atom. The normalized spacial score (nSPS) is 24.2. The SMILES string of the molecule is O=C(C1CN(c2nccn3nc(C4CC4)cc23)CCO1)N1CCOCC1. The number of fused-ring (bicyclic) bond motifs is 1. The zero-order chi connectivity index (χ0) is 17.5. The maximum Gasteiger partial charge on any atom is 0.253 e. The van der Waals surface area contributed by atoms with Gasteiger partial charge in [0.2, 0.25) is 0 Å². The molecule has 8 heteroatoms. The Bertz CT molecular complexity index is 812. The van der Waals surface area contributed by atoms with Crippen LogP contribution in [0, 0.1) is 0 Å². The van der Waals surface area contributed by atoms with Gasteiger partial charge in [0.05, 0.1) is 32.1 Å². The Kier molecular flexibility index (Phi) is 4.01. The molecule has 0 bridgehead atoms. The highest BCUT2D eigenvalue weighted by Gasteiger charge is 2.33. The largest absolute Gasteiger partial charge is 0.378 e. The Balaban J connectivity index is 1.38. The van der Waals surface area contributed by atoms with Crippen molar-refractivity contribution in [3.63, 3.8) is 0 Å². The third kappa shape index (κ3) is 2.93. The standard InChI is InChI=1S/C18H23N5O3/c24-18(21-5-8-25-9-6-21)16-12-22(7-10-26-16)17-15-11-14(13-1-2-13)20-23(15)4-3-19-17/h3-4,11,13,16H,1-2,5-10,12H2. The molecule has 2 aromatic heterocycles. The van der Waals surface area contributed by atoms with Crippen molar-refractivity contribution >= 4 is 17.2 Å². The molecule has 5 rings (SSSR count). The molecule has 2 aromatic rings. The van der Waals surface area contributed by atoms with Crippen LogP contribution in [0.25, 0.3) is 5.52 Å². The first kappa shape index (κ1) is 16.0. The minimum absolute atomic E-state index is 0.0529. The van der Waals surface area contributed by atoms with Gasteiger partial charge in [0, 0.05) is 37.9 Å². The number of anilines is 1. The summed E-state index contributed by atoms with van der Waals surface area (Å²) in [6.45, 7) is 4.24. The van der Waals surface area contributed by atoms with Crippen LogP contribution in [0.1, 0.15) is 24.5 Å². The lowest BCUT2D eigenvalue weighted by atomic mass is 10.2. The molecule has 26 heavy (non-hydrogen) atoms. The molecule has 0 radical (unpaired) electrons. The molecule has 2 saturated heterocycles. The maximum absolute atomic E-state index is 12.8. The molecule has 138 valence electrons. The van der Waals surface area contributed by atoms with E-state index in [4.69, 9.17) is 9.47 Å². The van der Waals surface area contributed by atoms with E-state index in [1.54, 1.807) is 6.20 Å². The van der Waals surface area contributed by atoms with Gasteiger partial charge in [-0.2, -0.15) is 5.10 Å². The van der Waals surface area contributed by atoms with Crippen molar-refractivity contribution in [3.8, 4) is 0 Å². The molecule has 4 heterocycles. The zero-order valence-corrected chi connectivity index (χ0v) is 14.7. The van der Waals surface area contributed by atoms with Gasteiger partial charge >= 0.3 is 0 Å². The van der Waals surface area contributed by atoms with Crippen LogP contribution in [0.5, 0.6) is 0 Å². The highest BCUT2D eigenvalue weighted by molar-refractivity contribution is 5.82. The van der Waals surface area contributed by atoms with Crippen LogP contribution in [0.3, 0.4) is 0 Å². The fourth-order valence-corrected chi connectivity index (χ4v) is 3.73. The minimum atomic E-state index is -0.449. The molecular formula is C18H23N5O3. The molecule has 0 aromatic carbocycles. The summed E-state index contributed by atoms with van der Waals surface area (Å²) in [6, 6.07) is 2.15. The highest BCUT2D eigenvalue weighted by Crippen LogP contribution is 2.40. The van der Waals surface area contributed by atoms with E-state index in [0.717, 1.165) is 23.6 Å². The predicted molar refractivity (Wildman–Crippen MR) is 94.3 cm³/mol. The van der Waals surface area contributed by atoms with E-state index in [0.29, 0.717) is 45.4 Å². The minimum Gasteiger partial charge on any atom is -0.378 e. The lowest BCUT2D eigenvalue weighted by Crippen LogP contribution is -2.53. The van der Waals surface area contributed by atoms with Crippen LogP contribution in [0.15, 0.2) is 18.5 Å². The van der Waals surface area contributed by atoms with Gasteiger partial charge in [0.1, 0.15) is 5.52 Å². The quantitative estimate of drug-likeness (QED) is 0.804. The van der Waals surface area contributed by atoms with Gasteiger partial charge in [-0.3, -0.25) is 4.79 Å². The number of carbonyl (C=O) groups excluding carboxylic acids is 1. The van der Waals surface area contributed by atoms with Crippen molar-refractivity contribution in [2.45, 2.75) is 24.9 Å². The summed E-state index contributed by atoms with van der Waals surface area (Å²) < 4.78 is 13.0. The van der Waals surface area contributed by atoms with Crippen molar-refractivity contribution in [1.82, 2.24) is 19.5 Å². The summed E-state index contributed by atoms with van der Waals surface area (Å²) in [5.41, 5.74) is 2.15. The lowest BCUT2D eigenvalue weighted by molar-refractivity contribution is -0.148. The number of amides is 1. The molecule has 3 fully saturated rings. The summed E-state index contributed by atoms with van der Waals surface area (Å²) in [6.07, 6.45) is 5.66. The monoisotopic (exact) mass is 357 g/mol. The summed E-state index contributed by atoms with van der Waals surface area (Å²) in [4.78, 5) is 21.4. The van der Waals surface area contributed by atoms with E-state index in [1.165, 1.54) is 12.8 Å². The second-order valence-corrected chi connectivity index (χ2v) is 7.17. The predicted octanol–water partition coefficient (Wildman–Crippen LogP) is 0.671. The van der Waals surface area contributed by atoms with E-state index < -0.39 is 6.10 Å². The highest BCUT2D eigenvalue weighted by atomic mass is 16.5. The molecule has 0 N–H and O–H groups in total. The maximum atomic E-state index is 12.8. The van der Waals surface area contributed by atoms with Crippen molar-refractivity contribution in [2.24, 2.45) is 0 Å². The smallest absolute Gasteiger partial charge is 0.253 e. The Labute approximate surface area is 151 Å². The van der Waals surface area contributed by atoms with Crippen LogP contribution in [0.2, 0.25) is 0 Å². The number of nitrogens with zero attached hydrogens (tertiary/aromatic N) is 5. The molecule has 2 aliphatic heterocycles. The summed E-state index contributed by atoms with van der Waals surface area (Å²) in [7, 11) is 0. The lowest BCUT2D eigenvalue weighted by Gasteiger charge is -2.36. The van der Waals surface area contributed by atoms with Crippen LogP contribution >= 0.6 is 0 Å². The van der Waals surface area contributed by atoms with Crippen molar-refractivity contribution in [3.05, 3.63) is 24.2 Å². The number of carbonyl (C=O) groups is 1. The Hall–Kier alpha value is -2.19. The van der Waals surface area contributed by atoms with Gasteiger partial charge in [0.25, 0.3) is 5.91 Å². The number of hydrogen-bond donors (Lipinski definition) is 0. The molecule has 1 atom stereocenters. The van der Waals surface area contributed by atoms with Crippen LogP contribution < -0.4 is 4.90 Å². The first-order valence-electron chi connectivity index (χ1n) is 9.37. The molecule has 1 saturated carbocycles. The average molecular weight is 357 g/mol. The Morgan fingerprint density at radius 2 is 2.00 bits per heavy atom. The van der Waals surface area contributed by atoms with E-state index in [-0.39, 0.29) is 5.91 Å². The first-order valence-corrected chi connectivity index (χ1v) is 9.37. The van der Waals surface area contributed by atoms with Crippen molar-refractivity contribution in [1.29, 1.82) is 0 Å². The van der Waals surface area contributed by atoms with Gasteiger partial charge in [0.15, 0.2) is 11.9 Å². The van der Waals surface area contributed by atoms with E-state index in [2.05, 4.69) is 21.0 Å². The number of ether oxygens (including phenoxy) is 2. The topological polar surface area (TPSA) is 72.2 Å². The summed E-state index contributed by atoms with van der Waals surface area (Å²) in [5.74, 6) is 1.54. The van der Waals surface area contributed by atoms with Crippen molar-refractivity contribution < 1.29 is 14.3 Å². The molecule has 0 spiro atoms. The third-order valence-corrected chi connectivity index (χ3v) is 5.35. The molecule has 1 aliphatic carbocycles. The summed E-state index contributed by atoms with van der Waals surface area (Å²) >= 11 is 0. The number of rotatable bonds is 3. The second-order valence-electron chi connectivity index (χ2n) is 7.17. The van der Waals surface area contributed by atoms with Crippen LogP contribution in [-0.2, 0) is 14.3 Å². The van der Waals surface area contributed by atoms with E-state index in [9.17, 15) is 4.79 Å². The molecule has 1 unspecified atom stereocenters. The van der Waals surface area contributed by atoms with Crippen LogP contribution in [-0.4, -0.2) is 77.5 Å². The van der Waals surface area contributed by atoms with Gasteiger partial charge in [-0.25, -0.2) is 9.50 Å². The Morgan fingerprint density at radius 3 is 2.81 bits per heavy atom.